The van der Waals surface area contributed by atoms with Crippen molar-refractivity contribution in [2.45, 2.75) is 33.3 Å². The predicted molar refractivity (Wildman–Crippen MR) is 132 cm³/mol. The highest BCUT2D eigenvalue weighted by Gasteiger charge is 2.32. The van der Waals surface area contributed by atoms with Crippen LogP contribution in [0.15, 0.2) is 53.9 Å². The van der Waals surface area contributed by atoms with Crippen LogP contribution >= 0.6 is 22.9 Å². The highest BCUT2D eigenvalue weighted by molar-refractivity contribution is 7.15. The molecule has 0 aliphatic carbocycles. The van der Waals surface area contributed by atoms with E-state index < -0.39 is 17.5 Å². The molecule has 0 spiro atoms. The summed E-state index contributed by atoms with van der Waals surface area (Å²) in [5, 5.41) is 5.64. The van der Waals surface area contributed by atoms with E-state index in [2.05, 4.69) is 5.32 Å². The fourth-order valence-corrected chi connectivity index (χ4v) is 4.14. The molecule has 0 bridgehead atoms. The molecule has 0 unspecified atom stereocenters. The molecule has 1 amide bonds. The van der Waals surface area contributed by atoms with E-state index in [1.54, 1.807) is 45.0 Å². The van der Waals surface area contributed by atoms with E-state index in [9.17, 15) is 9.59 Å². The zero-order valence-corrected chi connectivity index (χ0v) is 20.5. The third kappa shape index (κ3) is 6.06. The summed E-state index contributed by atoms with van der Waals surface area (Å²) in [4.78, 5) is 25.9. The quantitative estimate of drug-likeness (QED) is 0.351. The number of benzene rings is 2. The Hall–Kier alpha value is -3.03. The van der Waals surface area contributed by atoms with Gasteiger partial charge in [-0.3, -0.25) is 4.79 Å². The summed E-state index contributed by atoms with van der Waals surface area (Å²) >= 11 is 7.17. The van der Waals surface area contributed by atoms with Crippen LogP contribution in [0.1, 0.15) is 38.1 Å². The average Bonchev–Trinajstić information content (AvgIpc) is 3.20. The van der Waals surface area contributed by atoms with Gasteiger partial charge in [0.2, 0.25) is 0 Å². The van der Waals surface area contributed by atoms with Crippen LogP contribution in [0.25, 0.3) is 11.1 Å². The number of amides is 1. The summed E-state index contributed by atoms with van der Waals surface area (Å²) < 4.78 is 16.6. The van der Waals surface area contributed by atoms with Crippen molar-refractivity contribution in [3.8, 4) is 22.6 Å². The van der Waals surface area contributed by atoms with Crippen LogP contribution in [0.2, 0.25) is 5.02 Å². The van der Waals surface area contributed by atoms with Gasteiger partial charge in [0.1, 0.15) is 22.1 Å². The van der Waals surface area contributed by atoms with Gasteiger partial charge in [-0.15, -0.1) is 11.3 Å². The van der Waals surface area contributed by atoms with Crippen molar-refractivity contribution in [3.05, 3.63) is 64.5 Å². The molecule has 2 aromatic carbocycles. The lowest BCUT2D eigenvalue weighted by Gasteiger charge is -2.25. The SMILES string of the molecule is CCOC(=O)c1c(-c2ccc(OCC)cc2)csc1NC(=O)C(C)(C)Oc1ccc(Cl)cc1. The number of esters is 1. The van der Waals surface area contributed by atoms with E-state index in [1.165, 1.54) is 11.3 Å². The molecule has 0 aliphatic heterocycles. The van der Waals surface area contributed by atoms with E-state index in [0.29, 0.717) is 33.5 Å². The zero-order valence-electron chi connectivity index (χ0n) is 18.9. The Balaban J connectivity index is 1.88. The Morgan fingerprint density at radius 2 is 1.61 bits per heavy atom. The topological polar surface area (TPSA) is 73.9 Å². The molecule has 1 heterocycles. The maximum absolute atomic E-state index is 13.1. The molecule has 0 atom stereocenters. The van der Waals surface area contributed by atoms with Gasteiger partial charge in [0.15, 0.2) is 5.60 Å². The molecule has 33 heavy (non-hydrogen) atoms. The summed E-state index contributed by atoms with van der Waals surface area (Å²) in [6.07, 6.45) is 0. The Labute approximate surface area is 202 Å². The van der Waals surface area contributed by atoms with Gasteiger partial charge < -0.3 is 19.5 Å². The molecule has 1 N–H and O–H groups in total. The second kappa shape index (κ2) is 10.7. The van der Waals surface area contributed by atoms with Crippen LogP contribution in [0.3, 0.4) is 0 Å². The van der Waals surface area contributed by atoms with Gasteiger partial charge in [-0.25, -0.2) is 4.79 Å². The first-order valence-corrected chi connectivity index (χ1v) is 11.8. The number of carbonyl (C=O) groups is 2. The first-order valence-electron chi connectivity index (χ1n) is 10.5. The molecule has 3 rings (SSSR count). The van der Waals surface area contributed by atoms with Gasteiger partial charge in [-0.1, -0.05) is 23.7 Å². The highest BCUT2D eigenvalue weighted by atomic mass is 35.5. The lowest BCUT2D eigenvalue weighted by Crippen LogP contribution is -2.42. The van der Waals surface area contributed by atoms with Crippen LogP contribution in [0.5, 0.6) is 11.5 Å². The molecule has 1 aromatic heterocycles. The van der Waals surface area contributed by atoms with Crippen molar-refractivity contribution in [3.63, 3.8) is 0 Å². The van der Waals surface area contributed by atoms with Crippen molar-refractivity contribution in [2.24, 2.45) is 0 Å². The Bertz CT molecular complexity index is 1110. The van der Waals surface area contributed by atoms with Gasteiger partial charge in [0, 0.05) is 16.0 Å². The first kappa shape index (κ1) is 24.6. The van der Waals surface area contributed by atoms with Crippen molar-refractivity contribution in [1.82, 2.24) is 0 Å². The molecular formula is C25H26ClNO5S. The molecule has 0 fully saturated rings. The van der Waals surface area contributed by atoms with Crippen LogP contribution in [0.4, 0.5) is 5.00 Å². The van der Waals surface area contributed by atoms with Crippen LogP contribution in [0, 0.1) is 0 Å². The summed E-state index contributed by atoms with van der Waals surface area (Å²) in [7, 11) is 0. The summed E-state index contributed by atoms with van der Waals surface area (Å²) in [6, 6.07) is 14.2. The fourth-order valence-electron chi connectivity index (χ4n) is 3.06. The third-order valence-electron chi connectivity index (χ3n) is 4.71. The van der Waals surface area contributed by atoms with E-state index in [-0.39, 0.29) is 6.61 Å². The second-order valence-corrected chi connectivity index (χ2v) is 8.87. The van der Waals surface area contributed by atoms with E-state index in [0.717, 1.165) is 11.3 Å². The number of ether oxygens (including phenoxy) is 3. The monoisotopic (exact) mass is 487 g/mol. The largest absolute Gasteiger partial charge is 0.494 e. The number of nitrogens with one attached hydrogen (secondary N) is 1. The number of carbonyl (C=O) groups excluding carboxylic acids is 2. The smallest absolute Gasteiger partial charge is 0.341 e. The van der Waals surface area contributed by atoms with Gasteiger partial charge in [-0.2, -0.15) is 0 Å². The molecule has 0 saturated carbocycles. The molecule has 0 aliphatic rings. The number of halogens is 1. The van der Waals surface area contributed by atoms with Crippen LogP contribution in [-0.4, -0.2) is 30.7 Å². The Morgan fingerprint density at radius 3 is 2.21 bits per heavy atom. The molecule has 0 saturated heterocycles. The summed E-state index contributed by atoms with van der Waals surface area (Å²) in [6.45, 7) is 7.75. The van der Waals surface area contributed by atoms with Gasteiger partial charge in [0.05, 0.1) is 13.2 Å². The van der Waals surface area contributed by atoms with Crippen LogP contribution in [-0.2, 0) is 9.53 Å². The summed E-state index contributed by atoms with van der Waals surface area (Å²) in [5.41, 5.74) is 0.591. The number of thiophene rings is 1. The van der Waals surface area contributed by atoms with Crippen molar-refractivity contribution >= 4 is 39.8 Å². The molecular weight excluding hydrogens is 462 g/mol. The molecule has 6 nitrogen and oxygen atoms in total. The maximum Gasteiger partial charge on any atom is 0.341 e. The van der Waals surface area contributed by atoms with Gasteiger partial charge in [-0.05, 0) is 69.7 Å². The highest BCUT2D eigenvalue weighted by Crippen LogP contribution is 2.37. The third-order valence-corrected chi connectivity index (χ3v) is 5.85. The lowest BCUT2D eigenvalue weighted by molar-refractivity contribution is -0.128. The standard InChI is InChI=1S/C25H26ClNO5S/c1-5-30-18-11-7-16(8-12-18)20-15-33-22(21(20)23(28)31-6-2)27-24(29)25(3,4)32-19-13-9-17(26)10-14-19/h7-15H,5-6H2,1-4H3,(H,27,29). The number of rotatable bonds is 9. The fraction of sp³-hybridized carbons (Fsp3) is 0.280. The number of anilines is 1. The van der Waals surface area contributed by atoms with Gasteiger partial charge >= 0.3 is 5.97 Å². The van der Waals surface area contributed by atoms with E-state index in [1.807, 2.05) is 36.6 Å². The van der Waals surface area contributed by atoms with Crippen molar-refractivity contribution in [2.75, 3.05) is 18.5 Å². The number of hydrogen-bond acceptors (Lipinski definition) is 6. The molecule has 0 radical (unpaired) electrons. The Morgan fingerprint density at radius 1 is 0.970 bits per heavy atom. The minimum Gasteiger partial charge on any atom is -0.494 e. The average molecular weight is 488 g/mol. The predicted octanol–water partition coefficient (Wildman–Crippen LogP) is 6.44. The van der Waals surface area contributed by atoms with Gasteiger partial charge in [0.25, 0.3) is 5.91 Å². The molecule has 8 heteroatoms. The maximum atomic E-state index is 13.1. The lowest BCUT2D eigenvalue weighted by atomic mass is 10.0. The zero-order chi connectivity index (χ0) is 24.0. The number of hydrogen-bond donors (Lipinski definition) is 1. The molecule has 174 valence electrons. The van der Waals surface area contributed by atoms with E-state index >= 15 is 0 Å². The Kier molecular flexibility index (Phi) is 8.00. The van der Waals surface area contributed by atoms with Crippen molar-refractivity contribution in [1.29, 1.82) is 0 Å². The second-order valence-electron chi connectivity index (χ2n) is 7.55. The first-order chi connectivity index (χ1) is 15.7. The van der Waals surface area contributed by atoms with Crippen LogP contribution < -0.4 is 14.8 Å². The minimum absolute atomic E-state index is 0.218. The molecule has 3 aromatic rings. The normalized spacial score (nSPS) is 11.1. The van der Waals surface area contributed by atoms with E-state index in [4.69, 9.17) is 25.8 Å². The summed E-state index contributed by atoms with van der Waals surface area (Å²) in [5.74, 6) is 0.340. The minimum atomic E-state index is -1.21. The van der Waals surface area contributed by atoms with Crippen molar-refractivity contribution < 1.29 is 23.8 Å².